The van der Waals surface area contributed by atoms with Crippen LogP contribution in [0.25, 0.3) is 0 Å². The van der Waals surface area contributed by atoms with E-state index in [1.165, 1.54) is 17.5 Å². The topological polar surface area (TPSA) is 12.9 Å². The van der Waals surface area contributed by atoms with Crippen LogP contribution in [0.2, 0.25) is 0 Å². The van der Waals surface area contributed by atoms with E-state index in [4.69, 9.17) is 0 Å². The average molecular weight is 219 g/mol. The molecule has 0 unspecified atom stereocenters. The number of nitrogens with zero attached hydrogens (tertiary/aromatic N) is 1. The van der Waals surface area contributed by atoms with Crippen molar-refractivity contribution in [3.05, 3.63) is 29.1 Å². The molecule has 1 nitrogen and oxygen atoms in total. The van der Waals surface area contributed by atoms with Gasteiger partial charge in [-0.25, -0.2) is 0 Å². The van der Waals surface area contributed by atoms with E-state index >= 15 is 0 Å². The molecule has 0 fully saturated rings. The summed E-state index contributed by atoms with van der Waals surface area (Å²) < 4.78 is 0. The fraction of sp³-hybridized carbons (Fsp3) is 0.667. The van der Waals surface area contributed by atoms with Crippen LogP contribution >= 0.6 is 0 Å². The molecule has 0 atom stereocenters. The van der Waals surface area contributed by atoms with Gasteiger partial charge >= 0.3 is 0 Å². The molecule has 0 aliphatic rings. The van der Waals surface area contributed by atoms with Gasteiger partial charge < -0.3 is 0 Å². The maximum atomic E-state index is 4.35. The van der Waals surface area contributed by atoms with Crippen molar-refractivity contribution in [3.8, 4) is 0 Å². The van der Waals surface area contributed by atoms with Gasteiger partial charge in [0.05, 0.1) is 0 Å². The second kappa shape index (κ2) is 4.20. The molecule has 0 aliphatic carbocycles. The zero-order valence-electron chi connectivity index (χ0n) is 11.8. The summed E-state index contributed by atoms with van der Waals surface area (Å²) in [6, 6.07) is 2.24. The maximum absolute atomic E-state index is 4.35. The van der Waals surface area contributed by atoms with Gasteiger partial charge in [0.15, 0.2) is 0 Å². The molecule has 1 heterocycles. The second-order valence-corrected chi connectivity index (χ2v) is 6.76. The Morgan fingerprint density at radius 3 is 2.12 bits per heavy atom. The third-order valence-electron chi connectivity index (χ3n) is 2.94. The molecule has 1 aromatic heterocycles. The minimum Gasteiger partial charge on any atom is -0.261 e. The first-order chi connectivity index (χ1) is 7.12. The minimum atomic E-state index is 0.218. The molecule has 0 aliphatic heterocycles. The van der Waals surface area contributed by atoms with Crippen molar-refractivity contribution in [2.45, 2.75) is 60.3 Å². The van der Waals surface area contributed by atoms with E-state index in [2.05, 4.69) is 59.5 Å². The minimum absolute atomic E-state index is 0.218. The monoisotopic (exact) mass is 219 g/mol. The summed E-state index contributed by atoms with van der Waals surface area (Å²) in [5.41, 5.74) is 4.43. The standard InChI is InChI=1S/C15H25N/c1-11-9-16-12(2)8-13(11)15(6,7)10-14(3,4)5/h8-9H,10H2,1-7H3. The summed E-state index contributed by atoms with van der Waals surface area (Å²) in [4.78, 5) is 4.35. The number of aryl methyl sites for hydroxylation is 2. The number of hydrogen-bond acceptors (Lipinski definition) is 1. The maximum Gasteiger partial charge on any atom is 0.0375 e. The molecular formula is C15H25N. The molecule has 0 aromatic carbocycles. The lowest BCUT2D eigenvalue weighted by Gasteiger charge is -2.34. The van der Waals surface area contributed by atoms with E-state index in [1.54, 1.807) is 0 Å². The van der Waals surface area contributed by atoms with E-state index in [0.29, 0.717) is 5.41 Å². The van der Waals surface area contributed by atoms with Crippen molar-refractivity contribution in [2.75, 3.05) is 0 Å². The van der Waals surface area contributed by atoms with Crippen LogP contribution in [0, 0.1) is 19.3 Å². The number of hydrogen-bond donors (Lipinski definition) is 0. The van der Waals surface area contributed by atoms with Crippen LogP contribution in [0.3, 0.4) is 0 Å². The van der Waals surface area contributed by atoms with Gasteiger partial charge in [-0.05, 0) is 48.3 Å². The Balaban J connectivity index is 3.11. The Bertz CT molecular complexity index is 370. The van der Waals surface area contributed by atoms with E-state index < -0.39 is 0 Å². The molecule has 0 amide bonds. The molecule has 16 heavy (non-hydrogen) atoms. The molecule has 0 radical (unpaired) electrons. The van der Waals surface area contributed by atoms with Crippen molar-refractivity contribution in [3.63, 3.8) is 0 Å². The average Bonchev–Trinajstić information content (AvgIpc) is 2.04. The molecule has 0 saturated heterocycles. The first-order valence-electron chi connectivity index (χ1n) is 6.05. The highest BCUT2D eigenvalue weighted by Gasteiger charge is 2.28. The molecule has 90 valence electrons. The summed E-state index contributed by atoms with van der Waals surface area (Å²) in [5.74, 6) is 0. The Labute approximate surface area is 100 Å². The van der Waals surface area contributed by atoms with Gasteiger partial charge in [-0.2, -0.15) is 0 Å². The molecular weight excluding hydrogens is 194 g/mol. The molecule has 0 spiro atoms. The van der Waals surface area contributed by atoms with Crippen molar-refractivity contribution >= 4 is 0 Å². The van der Waals surface area contributed by atoms with Crippen molar-refractivity contribution in [1.82, 2.24) is 4.98 Å². The fourth-order valence-corrected chi connectivity index (χ4v) is 2.78. The highest BCUT2D eigenvalue weighted by atomic mass is 14.7. The summed E-state index contributed by atoms with van der Waals surface area (Å²) in [5, 5.41) is 0. The van der Waals surface area contributed by atoms with E-state index in [0.717, 1.165) is 5.69 Å². The number of pyridine rings is 1. The molecule has 1 aromatic rings. The summed E-state index contributed by atoms with van der Waals surface area (Å²) in [6.07, 6.45) is 3.18. The fourth-order valence-electron chi connectivity index (χ4n) is 2.78. The Morgan fingerprint density at radius 2 is 1.62 bits per heavy atom. The molecule has 0 saturated carbocycles. The zero-order chi connectivity index (χ0) is 12.6. The summed E-state index contributed by atoms with van der Waals surface area (Å²) in [6.45, 7) is 15.8. The molecule has 1 rings (SSSR count). The number of rotatable bonds is 2. The Kier molecular flexibility index (Phi) is 3.47. The largest absolute Gasteiger partial charge is 0.261 e. The van der Waals surface area contributed by atoms with Gasteiger partial charge in [-0.1, -0.05) is 34.6 Å². The second-order valence-electron chi connectivity index (χ2n) is 6.76. The van der Waals surface area contributed by atoms with Crippen LogP contribution in [-0.2, 0) is 5.41 Å². The van der Waals surface area contributed by atoms with Crippen LogP contribution in [0.5, 0.6) is 0 Å². The van der Waals surface area contributed by atoms with Crippen molar-refractivity contribution in [1.29, 1.82) is 0 Å². The lowest BCUT2D eigenvalue weighted by molar-refractivity contribution is 0.283. The smallest absolute Gasteiger partial charge is 0.0375 e. The molecule has 0 bridgehead atoms. The van der Waals surface area contributed by atoms with Crippen LogP contribution in [0.4, 0.5) is 0 Å². The van der Waals surface area contributed by atoms with Crippen LogP contribution in [0.15, 0.2) is 12.3 Å². The predicted octanol–water partition coefficient (Wildman–Crippen LogP) is 4.41. The van der Waals surface area contributed by atoms with Crippen LogP contribution in [0.1, 0.15) is 57.9 Å². The first kappa shape index (κ1) is 13.2. The highest BCUT2D eigenvalue weighted by molar-refractivity contribution is 5.32. The lowest BCUT2D eigenvalue weighted by Crippen LogP contribution is -2.26. The van der Waals surface area contributed by atoms with Crippen LogP contribution < -0.4 is 0 Å². The van der Waals surface area contributed by atoms with Gasteiger partial charge in [0.1, 0.15) is 0 Å². The lowest BCUT2D eigenvalue weighted by atomic mass is 9.71. The van der Waals surface area contributed by atoms with Gasteiger partial charge in [0.2, 0.25) is 0 Å². The Morgan fingerprint density at radius 1 is 1.06 bits per heavy atom. The highest BCUT2D eigenvalue weighted by Crippen LogP contribution is 2.37. The Hall–Kier alpha value is -0.850. The summed E-state index contributed by atoms with van der Waals surface area (Å²) >= 11 is 0. The van der Waals surface area contributed by atoms with Gasteiger partial charge in [-0.3, -0.25) is 4.98 Å². The van der Waals surface area contributed by atoms with Crippen molar-refractivity contribution in [2.24, 2.45) is 5.41 Å². The van der Waals surface area contributed by atoms with Gasteiger partial charge in [0, 0.05) is 11.9 Å². The van der Waals surface area contributed by atoms with E-state index in [1.807, 2.05) is 6.20 Å². The first-order valence-corrected chi connectivity index (χ1v) is 6.05. The normalized spacial score (nSPS) is 12.9. The van der Waals surface area contributed by atoms with Crippen molar-refractivity contribution < 1.29 is 0 Å². The van der Waals surface area contributed by atoms with E-state index in [9.17, 15) is 0 Å². The zero-order valence-corrected chi connectivity index (χ0v) is 11.8. The quantitative estimate of drug-likeness (QED) is 0.718. The van der Waals surface area contributed by atoms with Crippen LogP contribution in [-0.4, -0.2) is 4.98 Å². The number of aromatic nitrogens is 1. The SMILES string of the molecule is Cc1cc(C(C)(C)CC(C)(C)C)c(C)cn1. The third-order valence-corrected chi connectivity index (χ3v) is 2.94. The van der Waals surface area contributed by atoms with Gasteiger partial charge in [-0.15, -0.1) is 0 Å². The summed E-state index contributed by atoms with van der Waals surface area (Å²) in [7, 11) is 0. The van der Waals surface area contributed by atoms with Gasteiger partial charge in [0.25, 0.3) is 0 Å². The molecule has 1 heteroatoms. The van der Waals surface area contributed by atoms with E-state index in [-0.39, 0.29) is 5.41 Å². The predicted molar refractivity (Wildman–Crippen MR) is 70.8 cm³/mol. The molecule has 0 N–H and O–H groups in total. The third kappa shape index (κ3) is 3.33.